The number of likely N-dealkylation sites (tertiary alicyclic amines) is 1. The van der Waals surface area contributed by atoms with Crippen LogP contribution in [0, 0.1) is 5.41 Å². The van der Waals surface area contributed by atoms with Gasteiger partial charge in [0, 0.05) is 32.5 Å². The van der Waals surface area contributed by atoms with Gasteiger partial charge in [0.15, 0.2) is 0 Å². The topological polar surface area (TPSA) is 115 Å². The van der Waals surface area contributed by atoms with E-state index in [2.05, 4.69) is 24.5 Å². The molecule has 192 valence electrons. The maximum Gasteiger partial charge on any atom is 0.302 e. The zero-order valence-corrected chi connectivity index (χ0v) is 21.1. The maximum atomic E-state index is 12.7. The quantitative estimate of drug-likeness (QED) is 0.264. The first kappa shape index (κ1) is 29.3. The summed E-state index contributed by atoms with van der Waals surface area (Å²) in [5.41, 5.74) is -0.0858. The van der Waals surface area contributed by atoms with Gasteiger partial charge in [0.2, 0.25) is 11.8 Å². The number of ether oxygens (including phenoxy) is 4. The smallest absolute Gasteiger partial charge is 0.302 e. The van der Waals surface area contributed by atoms with Crippen LogP contribution in [0.3, 0.4) is 0 Å². The van der Waals surface area contributed by atoms with Crippen LogP contribution in [0.15, 0.2) is 0 Å². The van der Waals surface area contributed by atoms with E-state index in [4.69, 9.17) is 18.9 Å². The van der Waals surface area contributed by atoms with Crippen molar-refractivity contribution in [2.75, 3.05) is 59.3 Å². The molecule has 0 radical (unpaired) electrons. The number of hydrogen-bond donors (Lipinski definition) is 2. The van der Waals surface area contributed by atoms with E-state index in [1.54, 1.807) is 0 Å². The monoisotopic (exact) mass is 473 g/mol. The number of carbonyl (C=O) groups excluding carboxylic acids is 3. The number of nitrogens with one attached hydrogen (secondary N) is 2. The highest BCUT2D eigenvalue weighted by atomic mass is 16.5. The van der Waals surface area contributed by atoms with Crippen molar-refractivity contribution in [1.29, 1.82) is 0 Å². The molecule has 2 amide bonds. The van der Waals surface area contributed by atoms with Crippen molar-refractivity contribution in [2.45, 2.75) is 66.2 Å². The van der Waals surface area contributed by atoms with E-state index in [0.29, 0.717) is 39.0 Å². The second-order valence-electron chi connectivity index (χ2n) is 9.69. The first-order valence-electron chi connectivity index (χ1n) is 11.7. The summed E-state index contributed by atoms with van der Waals surface area (Å²) in [4.78, 5) is 38.1. The Labute approximate surface area is 198 Å². The van der Waals surface area contributed by atoms with E-state index in [1.807, 2.05) is 20.8 Å². The van der Waals surface area contributed by atoms with Gasteiger partial charge in [-0.25, -0.2) is 0 Å². The van der Waals surface area contributed by atoms with Gasteiger partial charge in [-0.2, -0.15) is 0 Å². The van der Waals surface area contributed by atoms with Crippen LogP contribution in [0.1, 0.15) is 48.0 Å². The Balaban J connectivity index is 2.33. The molecule has 0 bridgehead atoms. The SMILES string of the molecule is CC(=O)OC1CC(C(=O)NCC(C)(C)C)N(C(=O)COCCOCCOCCNC(C)C)C1. The van der Waals surface area contributed by atoms with Gasteiger partial charge in [-0.15, -0.1) is 0 Å². The van der Waals surface area contributed by atoms with Crippen LogP contribution in [0.25, 0.3) is 0 Å². The molecule has 1 fully saturated rings. The standard InChI is InChI=1S/C23H43N3O7/c1-17(2)24-7-8-30-9-10-31-11-12-32-15-21(28)26-14-19(33-18(3)27)13-20(26)22(29)25-16-23(4,5)6/h17,19-20,24H,7-16H2,1-6H3,(H,25,29). The largest absolute Gasteiger partial charge is 0.461 e. The van der Waals surface area contributed by atoms with Crippen LogP contribution < -0.4 is 10.6 Å². The lowest BCUT2D eigenvalue weighted by Crippen LogP contribution is -2.48. The average Bonchev–Trinajstić information content (AvgIpc) is 3.12. The van der Waals surface area contributed by atoms with E-state index in [0.717, 1.165) is 6.54 Å². The second-order valence-corrected chi connectivity index (χ2v) is 9.69. The second kappa shape index (κ2) is 15.2. The molecule has 1 heterocycles. The third-order valence-electron chi connectivity index (χ3n) is 4.78. The molecule has 10 heteroatoms. The molecule has 1 aliphatic rings. The van der Waals surface area contributed by atoms with Crippen molar-refractivity contribution in [3.05, 3.63) is 0 Å². The summed E-state index contributed by atoms with van der Waals surface area (Å²) < 4.78 is 21.6. The summed E-state index contributed by atoms with van der Waals surface area (Å²) in [7, 11) is 0. The lowest BCUT2D eigenvalue weighted by molar-refractivity contribution is -0.147. The van der Waals surface area contributed by atoms with Crippen LogP contribution in [0.4, 0.5) is 0 Å². The van der Waals surface area contributed by atoms with Crippen LogP contribution in [-0.2, 0) is 33.3 Å². The molecule has 33 heavy (non-hydrogen) atoms. The van der Waals surface area contributed by atoms with Gasteiger partial charge in [0.25, 0.3) is 0 Å². The fourth-order valence-corrected chi connectivity index (χ4v) is 3.21. The van der Waals surface area contributed by atoms with Crippen LogP contribution >= 0.6 is 0 Å². The molecule has 0 aromatic heterocycles. The Morgan fingerprint density at radius 2 is 1.61 bits per heavy atom. The van der Waals surface area contributed by atoms with Gasteiger partial charge < -0.3 is 34.5 Å². The van der Waals surface area contributed by atoms with Crippen molar-refractivity contribution in [1.82, 2.24) is 15.5 Å². The van der Waals surface area contributed by atoms with E-state index >= 15 is 0 Å². The molecule has 0 aliphatic carbocycles. The molecule has 2 N–H and O–H groups in total. The highest BCUT2D eigenvalue weighted by Gasteiger charge is 2.41. The molecule has 2 atom stereocenters. The Bertz CT molecular complexity index is 607. The molecule has 0 spiro atoms. The Hall–Kier alpha value is -1.75. The lowest BCUT2D eigenvalue weighted by atomic mass is 9.97. The number of rotatable bonds is 15. The number of nitrogens with zero attached hydrogens (tertiary/aromatic N) is 1. The minimum absolute atomic E-state index is 0.0858. The molecule has 1 rings (SSSR count). The van der Waals surface area contributed by atoms with E-state index in [1.165, 1.54) is 11.8 Å². The van der Waals surface area contributed by atoms with E-state index < -0.39 is 18.1 Å². The third kappa shape index (κ3) is 13.5. The fourth-order valence-electron chi connectivity index (χ4n) is 3.21. The van der Waals surface area contributed by atoms with Crippen molar-refractivity contribution in [2.24, 2.45) is 5.41 Å². The summed E-state index contributed by atoms with van der Waals surface area (Å²) in [6, 6.07) is -0.252. The molecular weight excluding hydrogens is 430 g/mol. The van der Waals surface area contributed by atoms with Crippen LogP contribution in [0.2, 0.25) is 0 Å². The molecule has 1 aliphatic heterocycles. The summed E-state index contributed by atoms with van der Waals surface area (Å²) >= 11 is 0. The molecule has 0 aromatic rings. The summed E-state index contributed by atoms with van der Waals surface area (Å²) in [5, 5.41) is 6.15. The molecule has 2 unspecified atom stereocenters. The van der Waals surface area contributed by atoms with Gasteiger partial charge in [-0.3, -0.25) is 14.4 Å². The zero-order valence-electron chi connectivity index (χ0n) is 21.1. The Kier molecular flexibility index (Phi) is 13.5. The number of carbonyl (C=O) groups is 3. The third-order valence-corrected chi connectivity index (χ3v) is 4.78. The predicted octanol–water partition coefficient (Wildman–Crippen LogP) is 0.729. The van der Waals surface area contributed by atoms with Crippen LogP contribution in [0.5, 0.6) is 0 Å². The molecular formula is C23H43N3O7. The maximum absolute atomic E-state index is 12.7. The highest BCUT2D eigenvalue weighted by molar-refractivity contribution is 5.89. The van der Waals surface area contributed by atoms with Crippen molar-refractivity contribution >= 4 is 17.8 Å². The van der Waals surface area contributed by atoms with Crippen molar-refractivity contribution < 1.29 is 33.3 Å². The van der Waals surface area contributed by atoms with Gasteiger partial charge in [0.05, 0.1) is 39.6 Å². The minimum Gasteiger partial charge on any atom is -0.461 e. The molecule has 10 nitrogen and oxygen atoms in total. The summed E-state index contributed by atoms with van der Waals surface area (Å²) in [6.45, 7) is 15.0. The number of esters is 1. The lowest BCUT2D eigenvalue weighted by Gasteiger charge is -2.25. The first-order chi connectivity index (χ1) is 15.5. The van der Waals surface area contributed by atoms with Gasteiger partial charge in [-0.05, 0) is 5.41 Å². The molecule has 0 saturated carbocycles. The zero-order chi connectivity index (χ0) is 24.9. The Morgan fingerprint density at radius 1 is 1.00 bits per heavy atom. The summed E-state index contributed by atoms with van der Waals surface area (Å²) in [5.74, 6) is -1.00. The van der Waals surface area contributed by atoms with Gasteiger partial charge >= 0.3 is 5.97 Å². The van der Waals surface area contributed by atoms with Crippen molar-refractivity contribution in [3.63, 3.8) is 0 Å². The first-order valence-corrected chi connectivity index (χ1v) is 11.7. The van der Waals surface area contributed by atoms with Gasteiger partial charge in [-0.1, -0.05) is 34.6 Å². The fraction of sp³-hybridized carbons (Fsp3) is 0.870. The average molecular weight is 474 g/mol. The van der Waals surface area contributed by atoms with E-state index in [-0.39, 0.29) is 43.4 Å². The Morgan fingerprint density at radius 3 is 2.18 bits per heavy atom. The minimum atomic E-state index is -0.689. The van der Waals surface area contributed by atoms with E-state index in [9.17, 15) is 14.4 Å². The molecule has 1 saturated heterocycles. The van der Waals surface area contributed by atoms with Crippen LogP contribution in [-0.4, -0.2) is 100 Å². The highest BCUT2D eigenvalue weighted by Crippen LogP contribution is 2.22. The molecule has 0 aromatic carbocycles. The normalized spacial score (nSPS) is 18.6. The summed E-state index contributed by atoms with van der Waals surface area (Å²) in [6.07, 6.45) is -0.229. The predicted molar refractivity (Wildman–Crippen MR) is 124 cm³/mol. The van der Waals surface area contributed by atoms with Crippen molar-refractivity contribution in [3.8, 4) is 0 Å². The van der Waals surface area contributed by atoms with Gasteiger partial charge in [0.1, 0.15) is 18.8 Å². The number of amides is 2. The number of hydrogen-bond acceptors (Lipinski definition) is 8.